The van der Waals surface area contributed by atoms with Gasteiger partial charge in [-0.1, -0.05) is 48.0 Å². The summed E-state index contributed by atoms with van der Waals surface area (Å²) in [6.45, 7) is 8.33. The van der Waals surface area contributed by atoms with E-state index < -0.39 is 30.7 Å². The zero-order valence-corrected chi connectivity index (χ0v) is 41.6. The van der Waals surface area contributed by atoms with Crippen molar-refractivity contribution in [3.8, 4) is 5.75 Å². The van der Waals surface area contributed by atoms with Crippen LogP contribution in [0.4, 0.5) is 26.3 Å². The maximum Gasteiger partial charge on any atom is 0.390 e. The minimum atomic E-state index is -4.17. The van der Waals surface area contributed by atoms with Crippen LogP contribution in [0.5, 0.6) is 5.75 Å². The third kappa shape index (κ3) is 13.1. The average molecular weight is 1030 g/mol. The first kappa shape index (κ1) is 53.7. The van der Waals surface area contributed by atoms with Gasteiger partial charge in [-0.05, 0) is 110 Å². The number of carbonyl (C=O) groups is 2. The van der Waals surface area contributed by atoms with Crippen molar-refractivity contribution >= 4 is 45.2 Å². The van der Waals surface area contributed by atoms with Gasteiger partial charge in [0.15, 0.2) is 0 Å². The van der Waals surface area contributed by atoms with Crippen molar-refractivity contribution in [2.24, 2.45) is 11.8 Å². The Morgan fingerprint density at radius 1 is 0.708 bits per heavy atom. The minimum absolute atomic E-state index is 0.0000965. The summed E-state index contributed by atoms with van der Waals surface area (Å²) < 4.78 is 84.9. The number of benzene rings is 2. The van der Waals surface area contributed by atoms with Crippen LogP contribution in [0.25, 0.3) is 21.8 Å². The largest absolute Gasteiger partial charge is 0.434 e. The molecule has 13 nitrogen and oxygen atoms in total. The quantitative estimate of drug-likeness (QED) is 0.0707. The number of nitrogens with zero attached hydrogens (tertiary/aromatic N) is 4. The minimum Gasteiger partial charge on any atom is -0.434 e. The molecule has 4 N–H and O–H groups in total. The van der Waals surface area contributed by atoms with Crippen LogP contribution in [-0.2, 0) is 26.2 Å². The normalized spacial score (nSPS) is 15.3. The van der Waals surface area contributed by atoms with Crippen LogP contribution in [0.15, 0.2) is 70.3 Å². The molecule has 8 rings (SSSR count). The second kappa shape index (κ2) is 23.7. The highest BCUT2D eigenvalue weighted by molar-refractivity contribution is 6.31. The van der Waals surface area contributed by atoms with E-state index in [2.05, 4.69) is 34.8 Å². The third-order valence-corrected chi connectivity index (χ3v) is 14.2. The number of likely N-dealkylation sites (tertiary alicyclic amines) is 2. The lowest BCUT2D eigenvalue weighted by molar-refractivity contribution is -0.138. The van der Waals surface area contributed by atoms with Crippen LogP contribution >= 0.6 is 11.6 Å². The molecule has 2 saturated heterocycles. The summed E-state index contributed by atoms with van der Waals surface area (Å²) in [5, 5.41) is 7.51. The number of rotatable bonds is 16. The third-order valence-electron chi connectivity index (χ3n) is 13.8. The molecule has 2 aliphatic heterocycles. The Kier molecular flexibility index (Phi) is 17.7. The predicted octanol–water partition coefficient (Wildman–Crippen LogP) is 9.35. The van der Waals surface area contributed by atoms with Gasteiger partial charge in [-0.15, -0.1) is 0 Å². The Labute approximate surface area is 417 Å². The standard InChI is InChI=1S/C27H31F5N4O3.C25H30ClFN4O2/c1-16-13-22(39-26(28)29)20(24(37)34-16)14-33-25(38)23-17(2)36(21-6-4-3-5-19(21)23)15-18-7-10-35(11-8-18)12-9-27(30,31)32;1-16-13-21(26)20(24(32)29-16)14-28-25(33)23-17(2)31(22-6-4-3-5-19(22)23)15-18-7-10-30(11-8-18)12-9-27/h3-6,13,18,26H,7-12,14-15H2,1-2H3,(H,33,38)(H,34,37);3-6,13,18H,7-12,14-15H2,1-2H3,(H,28,33)(H,29,32). The van der Waals surface area contributed by atoms with Crippen LogP contribution in [0.2, 0.25) is 5.02 Å². The summed E-state index contributed by atoms with van der Waals surface area (Å²) in [6, 6.07) is 18.3. The number of pyridine rings is 2. The highest BCUT2D eigenvalue weighted by atomic mass is 35.5. The Morgan fingerprint density at radius 2 is 1.15 bits per heavy atom. The monoisotopic (exact) mass is 1030 g/mol. The van der Waals surface area contributed by atoms with Gasteiger partial charge in [-0.25, -0.2) is 4.39 Å². The zero-order chi connectivity index (χ0) is 51.9. The molecule has 0 bridgehead atoms. The number of aromatic nitrogens is 4. The number of ether oxygens (including phenoxy) is 1. The molecule has 388 valence electrons. The van der Waals surface area contributed by atoms with Gasteiger partial charge in [0, 0.05) is 76.8 Å². The number of hydrogen-bond donors (Lipinski definition) is 4. The number of hydrogen-bond acceptors (Lipinski definition) is 7. The average Bonchev–Trinajstić information content (AvgIpc) is 3.76. The lowest BCUT2D eigenvalue weighted by atomic mass is 9.96. The van der Waals surface area contributed by atoms with E-state index in [4.69, 9.17) is 11.6 Å². The summed E-state index contributed by atoms with van der Waals surface area (Å²) in [6.07, 6.45) is -1.46. The van der Waals surface area contributed by atoms with E-state index in [1.165, 1.54) is 13.0 Å². The second-order valence-corrected chi connectivity index (χ2v) is 19.2. The van der Waals surface area contributed by atoms with Crippen LogP contribution in [0.3, 0.4) is 0 Å². The number of piperidine rings is 2. The van der Waals surface area contributed by atoms with Crippen LogP contribution in [0.1, 0.15) is 86.7 Å². The van der Waals surface area contributed by atoms with Gasteiger partial charge in [-0.3, -0.25) is 19.2 Å². The SMILES string of the molecule is Cc1cc(Cl)c(CNC(=O)c2c(C)n(CC3CCN(CCF)CC3)c3ccccc23)c(=O)[nH]1.Cc1cc(OC(F)F)c(CNC(=O)c2c(C)n(CC3CCN(CCC(F)(F)F)CC3)c3ccccc23)c(=O)[nH]1. The van der Waals surface area contributed by atoms with Gasteiger partial charge in [0.05, 0.1) is 46.8 Å². The van der Waals surface area contributed by atoms with Gasteiger partial charge in [0.25, 0.3) is 22.9 Å². The zero-order valence-electron chi connectivity index (χ0n) is 40.8. The topological polar surface area (TPSA) is 149 Å². The molecular weight excluding hydrogens is 966 g/mol. The number of para-hydroxylation sites is 2. The number of aromatic amines is 2. The smallest absolute Gasteiger partial charge is 0.390 e. The van der Waals surface area contributed by atoms with E-state index in [0.29, 0.717) is 76.3 Å². The summed E-state index contributed by atoms with van der Waals surface area (Å²) in [7, 11) is 0. The summed E-state index contributed by atoms with van der Waals surface area (Å²) in [5.74, 6) is -0.273. The lowest BCUT2D eigenvalue weighted by Gasteiger charge is -2.32. The van der Waals surface area contributed by atoms with E-state index in [9.17, 15) is 45.5 Å². The van der Waals surface area contributed by atoms with Crippen LogP contribution < -0.4 is 26.5 Å². The van der Waals surface area contributed by atoms with Gasteiger partial charge >= 0.3 is 12.8 Å². The Morgan fingerprint density at radius 3 is 1.61 bits per heavy atom. The van der Waals surface area contributed by atoms with Crippen molar-refractivity contribution in [1.29, 1.82) is 0 Å². The molecule has 2 aliphatic rings. The number of amides is 2. The molecule has 0 aliphatic carbocycles. The molecular formula is C52H61ClF6N8O5. The van der Waals surface area contributed by atoms with Crippen molar-refractivity contribution in [2.45, 2.75) is 98.8 Å². The number of fused-ring (bicyclic) bond motifs is 2. The number of H-pyrrole nitrogens is 2. The molecule has 0 atom stereocenters. The first-order valence-electron chi connectivity index (χ1n) is 24.2. The van der Waals surface area contributed by atoms with Crippen molar-refractivity contribution in [1.82, 2.24) is 39.5 Å². The molecule has 2 amide bonds. The number of alkyl halides is 6. The first-order chi connectivity index (χ1) is 34.3. The molecule has 0 spiro atoms. The molecule has 2 aromatic carbocycles. The molecule has 0 unspecified atom stereocenters. The molecule has 4 aromatic heterocycles. The van der Waals surface area contributed by atoms with E-state index in [0.717, 1.165) is 67.4 Å². The van der Waals surface area contributed by atoms with Crippen molar-refractivity contribution in [2.75, 3.05) is 45.9 Å². The molecule has 0 saturated carbocycles. The van der Waals surface area contributed by atoms with E-state index in [-0.39, 0.29) is 55.0 Å². The van der Waals surface area contributed by atoms with Gasteiger partial charge in [0.1, 0.15) is 12.4 Å². The number of carbonyl (C=O) groups excluding carboxylic acids is 2. The Hall–Kier alpha value is -6.05. The molecule has 0 radical (unpaired) electrons. The maximum atomic E-state index is 13.3. The van der Waals surface area contributed by atoms with Crippen molar-refractivity contribution < 1.29 is 40.7 Å². The molecule has 6 aromatic rings. The van der Waals surface area contributed by atoms with Crippen LogP contribution in [-0.4, -0.2) is 99.4 Å². The Balaban J connectivity index is 0.000000214. The Bertz CT molecular complexity index is 2990. The fourth-order valence-electron chi connectivity index (χ4n) is 10.0. The van der Waals surface area contributed by atoms with E-state index >= 15 is 0 Å². The maximum absolute atomic E-state index is 13.3. The molecule has 6 heterocycles. The first-order valence-corrected chi connectivity index (χ1v) is 24.5. The fourth-order valence-corrected chi connectivity index (χ4v) is 10.3. The number of halogens is 7. The van der Waals surface area contributed by atoms with E-state index in [1.807, 2.05) is 65.8 Å². The lowest BCUT2D eigenvalue weighted by Crippen LogP contribution is -2.37. The number of nitrogens with one attached hydrogen (secondary N) is 4. The predicted molar refractivity (Wildman–Crippen MR) is 266 cm³/mol. The molecule has 20 heteroatoms. The second-order valence-electron chi connectivity index (χ2n) is 18.8. The van der Waals surface area contributed by atoms with Gasteiger partial charge < -0.3 is 44.3 Å². The summed E-state index contributed by atoms with van der Waals surface area (Å²) in [5.41, 5.74) is 4.83. The van der Waals surface area contributed by atoms with Crippen LogP contribution in [0, 0.1) is 39.5 Å². The summed E-state index contributed by atoms with van der Waals surface area (Å²) in [4.78, 5) is 60.5. The summed E-state index contributed by atoms with van der Waals surface area (Å²) >= 11 is 6.23. The van der Waals surface area contributed by atoms with Crippen molar-refractivity contribution in [3.63, 3.8) is 0 Å². The highest BCUT2D eigenvalue weighted by Gasteiger charge is 2.30. The highest BCUT2D eigenvalue weighted by Crippen LogP contribution is 2.32. The van der Waals surface area contributed by atoms with E-state index in [1.54, 1.807) is 19.1 Å². The van der Waals surface area contributed by atoms with Gasteiger partial charge in [0.2, 0.25) is 0 Å². The van der Waals surface area contributed by atoms with Crippen molar-refractivity contribution in [3.05, 3.63) is 131 Å². The van der Waals surface area contributed by atoms with Gasteiger partial charge in [-0.2, -0.15) is 22.0 Å². The number of aryl methyl sites for hydroxylation is 2. The molecule has 2 fully saturated rings. The molecule has 72 heavy (non-hydrogen) atoms. The fraction of sp³-hybridized carbons (Fsp3) is 0.462.